The first kappa shape index (κ1) is 12.8. The monoisotopic (exact) mass is 249 g/mol. The molecule has 0 aliphatic heterocycles. The zero-order valence-corrected chi connectivity index (χ0v) is 10.6. The Labute approximate surface area is 107 Å². The van der Waals surface area contributed by atoms with Gasteiger partial charge in [-0.15, -0.1) is 0 Å². The lowest BCUT2D eigenvalue weighted by molar-refractivity contribution is -0.142. The molecular formula is C13H19N3O2. The van der Waals surface area contributed by atoms with Crippen molar-refractivity contribution in [2.75, 3.05) is 5.32 Å². The number of hydrogen-bond acceptors (Lipinski definition) is 4. The van der Waals surface area contributed by atoms with E-state index in [1.807, 2.05) is 13.0 Å². The number of hydrogen-bond donors (Lipinski definition) is 2. The standard InChI is InChI=1S/C13H19N3O2/c1-9-7-12(15-8-14-9)16-11-6-4-2-3-5-10(11)13(17)18/h7-8,10-11H,2-6H2,1H3,(H,17,18)(H,14,15,16). The number of carboxylic acids is 1. The molecule has 5 heteroatoms. The molecule has 5 nitrogen and oxygen atoms in total. The third kappa shape index (κ3) is 3.18. The summed E-state index contributed by atoms with van der Waals surface area (Å²) in [5.41, 5.74) is 0.882. The molecule has 1 saturated carbocycles. The third-order valence-electron chi connectivity index (χ3n) is 3.47. The van der Waals surface area contributed by atoms with Gasteiger partial charge in [0.2, 0.25) is 0 Å². The van der Waals surface area contributed by atoms with Crippen LogP contribution in [0.2, 0.25) is 0 Å². The maximum Gasteiger partial charge on any atom is 0.308 e. The Morgan fingerprint density at radius 3 is 2.83 bits per heavy atom. The molecule has 2 rings (SSSR count). The predicted octanol–water partition coefficient (Wildman–Crippen LogP) is 2.23. The minimum absolute atomic E-state index is 0.0284. The van der Waals surface area contributed by atoms with E-state index in [1.165, 1.54) is 6.33 Å². The first-order valence-corrected chi connectivity index (χ1v) is 6.45. The van der Waals surface area contributed by atoms with Gasteiger partial charge in [-0.1, -0.05) is 19.3 Å². The fraction of sp³-hybridized carbons (Fsp3) is 0.615. The molecule has 98 valence electrons. The average Bonchev–Trinajstić information content (AvgIpc) is 2.54. The number of aromatic nitrogens is 2. The molecule has 1 heterocycles. The van der Waals surface area contributed by atoms with Gasteiger partial charge in [-0.3, -0.25) is 4.79 Å². The summed E-state index contributed by atoms with van der Waals surface area (Å²) in [5, 5.41) is 12.6. The molecule has 1 aromatic rings. The van der Waals surface area contributed by atoms with E-state index in [9.17, 15) is 9.90 Å². The molecule has 1 aliphatic rings. The van der Waals surface area contributed by atoms with Crippen LogP contribution >= 0.6 is 0 Å². The van der Waals surface area contributed by atoms with Crippen LogP contribution in [0.5, 0.6) is 0 Å². The lowest BCUT2D eigenvalue weighted by atomic mass is 9.95. The van der Waals surface area contributed by atoms with Gasteiger partial charge in [-0.05, 0) is 19.8 Å². The van der Waals surface area contributed by atoms with Gasteiger partial charge in [0.25, 0.3) is 0 Å². The van der Waals surface area contributed by atoms with E-state index in [0.29, 0.717) is 0 Å². The highest BCUT2D eigenvalue weighted by atomic mass is 16.4. The van der Waals surface area contributed by atoms with Crippen LogP contribution in [0.25, 0.3) is 0 Å². The Morgan fingerprint density at radius 2 is 2.11 bits per heavy atom. The number of carboxylic acid groups (broad SMARTS) is 1. The minimum atomic E-state index is -0.708. The topological polar surface area (TPSA) is 75.1 Å². The van der Waals surface area contributed by atoms with E-state index in [1.54, 1.807) is 0 Å². The molecule has 0 amide bonds. The summed E-state index contributed by atoms with van der Waals surface area (Å²) in [5.74, 6) is -0.302. The Hall–Kier alpha value is -1.65. The van der Waals surface area contributed by atoms with Gasteiger partial charge in [0.15, 0.2) is 0 Å². The van der Waals surface area contributed by atoms with Gasteiger partial charge in [0.05, 0.1) is 5.92 Å². The number of anilines is 1. The van der Waals surface area contributed by atoms with Crippen LogP contribution in [-0.2, 0) is 4.79 Å². The first-order valence-electron chi connectivity index (χ1n) is 6.45. The van der Waals surface area contributed by atoms with Gasteiger partial charge in [0, 0.05) is 17.8 Å². The van der Waals surface area contributed by atoms with Crippen molar-refractivity contribution in [3.05, 3.63) is 18.1 Å². The summed E-state index contributed by atoms with van der Waals surface area (Å²) in [6, 6.07) is 1.82. The number of nitrogens with one attached hydrogen (secondary N) is 1. The minimum Gasteiger partial charge on any atom is -0.481 e. The molecule has 0 spiro atoms. The first-order chi connectivity index (χ1) is 8.66. The van der Waals surface area contributed by atoms with Crippen LogP contribution in [0.3, 0.4) is 0 Å². The Bertz CT molecular complexity index is 422. The van der Waals surface area contributed by atoms with Gasteiger partial charge in [-0.2, -0.15) is 0 Å². The highest BCUT2D eigenvalue weighted by molar-refractivity contribution is 5.71. The van der Waals surface area contributed by atoms with E-state index >= 15 is 0 Å². The van der Waals surface area contributed by atoms with Crippen LogP contribution in [0, 0.1) is 12.8 Å². The second-order valence-electron chi connectivity index (χ2n) is 4.88. The van der Waals surface area contributed by atoms with E-state index in [4.69, 9.17) is 0 Å². The molecule has 18 heavy (non-hydrogen) atoms. The van der Waals surface area contributed by atoms with Crippen molar-refractivity contribution in [2.24, 2.45) is 5.92 Å². The van der Waals surface area contributed by atoms with E-state index in [2.05, 4.69) is 15.3 Å². The summed E-state index contributed by atoms with van der Waals surface area (Å²) >= 11 is 0. The van der Waals surface area contributed by atoms with Crippen LogP contribution in [0.4, 0.5) is 5.82 Å². The molecule has 2 unspecified atom stereocenters. The second-order valence-corrected chi connectivity index (χ2v) is 4.88. The molecule has 1 fully saturated rings. The highest BCUT2D eigenvalue weighted by Gasteiger charge is 2.29. The molecule has 0 saturated heterocycles. The van der Waals surface area contributed by atoms with E-state index in [-0.39, 0.29) is 12.0 Å². The number of aryl methyl sites for hydroxylation is 1. The smallest absolute Gasteiger partial charge is 0.308 e. The largest absolute Gasteiger partial charge is 0.481 e. The van der Waals surface area contributed by atoms with Crippen molar-refractivity contribution in [1.29, 1.82) is 0 Å². The number of aliphatic carboxylic acids is 1. The molecule has 2 N–H and O–H groups in total. The van der Waals surface area contributed by atoms with Gasteiger partial charge in [0.1, 0.15) is 12.1 Å². The molecule has 1 aromatic heterocycles. The molecule has 0 aromatic carbocycles. The van der Waals surface area contributed by atoms with Crippen LogP contribution in [0.15, 0.2) is 12.4 Å². The van der Waals surface area contributed by atoms with Crippen molar-refractivity contribution in [3.8, 4) is 0 Å². The molecular weight excluding hydrogens is 230 g/mol. The van der Waals surface area contributed by atoms with Crippen LogP contribution < -0.4 is 5.32 Å². The molecule has 1 aliphatic carbocycles. The van der Waals surface area contributed by atoms with Crippen molar-refractivity contribution in [2.45, 2.75) is 45.1 Å². The van der Waals surface area contributed by atoms with E-state index in [0.717, 1.165) is 43.6 Å². The van der Waals surface area contributed by atoms with Crippen LogP contribution in [-0.4, -0.2) is 27.1 Å². The normalized spacial score (nSPS) is 24.3. The Kier molecular flexibility index (Phi) is 4.12. The van der Waals surface area contributed by atoms with Crippen LogP contribution in [0.1, 0.15) is 37.8 Å². The number of carbonyl (C=O) groups is 1. The highest BCUT2D eigenvalue weighted by Crippen LogP contribution is 2.26. The molecule has 2 atom stereocenters. The Balaban J connectivity index is 2.11. The van der Waals surface area contributed by atoms with Crippen molar-refractivity contribution in [1.82, 2.24) is 9.97 Å². The maximum atomic E-state index is 11.3. The fourth-order valence-corrected chi connectivity index (χ4v) is 2.50. The zero-order chi connectivity index (χ0) is 13.0. The fourth-order valence-electron chi connectivity index (χ4n) is 2.50. The summed E-state index contributed by atoms with van der Waals surface area (Å²) in [4.78, 5) is 19.5. The summed E-state index contributed by atoms with van der Waals surface area (Å²) < 4.78 is 0. The van der Waals surface area contributed by atoms with Crippen molar-refractivity contribution >= 4 is 11.8 Å². The zero-order valence-electron chi connectivity index (χ0n) is 10.6. The third-order valence-corrected chi connectivity index (χ3v) is 3.47. The van der Waals surface area contributed by atoms with Gasteiger partial charge < -0.3 is 10.4 Å². The van der Waals surface area contributed by atoms with Crippen molar-refractivity contribution in [3.63, 3.8) is 0 Å². The molecule has 0 bridgehead atoms. The number of rotatable bonds is 3. The summed E-state index contributed by atoms with van der Waals surface area (Å²) in [7, 11) is 0. The lowest BCUT2D eigenvalue weighted by Crippen LogP contribution is -2.34. The predicted molar refractivity (Wildman–Crippen MR) is 68.4 cm³/mol. The lowest BCUT2D eigenvalue weighted by Gasteiger charge is -2.23. The SMILES string of the molecule is Cc1cc(NC2CCCCCC2C(=O)O)ncn1. The van der Waals surface area contributed by atoms with E-state index < -0.39 is 5.97 Å². The maximum absolute atomic E-state index is 11.3. The quantitative estimate of drug-likeness (QED) is 0.803. The Morgan fingerprint density at radius 1 is 1.33 bits per heavy atom. The number of nitrogens with zero attached hydrogens (tertiary/aromatic N) is 2. The summed E-state index contributed by atoms with van der Waals surface area (Å²) in [6.45, 7) is 1.90. The average molecular weight is 249 g/mol. The van der Waals surface area contributed by atoms with Crippen molar-refractivity contribution < 1.29 is 9.90 Å². The molecule has 0 radical (unpaired) electrons. The van der Waals surface area contributed by atoms with Gasteiger partial charge >= 0.3 is 5.97 Å². The summed E-state index contributed by atoms with van der Waals surface area (Å²) in [6.07, 6.45) is 6.33. The second kappa shape index (κ2) is 5.80. The van der Waals surface area contributed by atoms with Gasteiger partial charge in [-0.25, -0.2) is 9.97 Å².